The van der Waals surface area contributed by atoms with Gasteiger partial charge in [0.25, 0.3) is 0 Å². The first-order chi connectivity index (χ1) is 8.90. The molecule has 104 valence electrons. The fourth-order valence-corrected chi connectivity index (χ4v) is 1.98. The molecule has 0 bridgehead atoms. The summed E-state index contributed by atoms with van der Waals surface area (Å²) in [4.78, 5) is 11.1. The van der Waals surface area contributed by atoms with Crippen molar-refractivity contribution >= 4 is 5.97 Å². The Morgan fingerprint density at radius 1 is 1.32 bits per heavy atom. The molecule has 2 nitrogen and oxygen atoms in total. The highest BCUT2D eigenvalue weighted by Gasteiger charge is 2.09. The van der Waals surface area contributed by atoms with Crippen LogP contribution in [0.15, 0.2) is 29.8 Å². The zero-order valence-electron chi connectivity index (χ0n) is 12.6. The summed E-state index contributed by atoms with van der Waals surface area (Å²) in [7, 11) is 0. The molecule has 0 fully saturated rings. The summed E-state index contributed by atoms with van der Waals surface area (Å²) in [6, 6.07) is 6.13. The Labute approximate surface area is 116 Å². The van der Waals surface area contributed by atoms with E-state index < -0.39 is 0 Å². The molecule has 19 heavy (non-hydrogen) atoms. The summed E-state index contributed by atoms with van der Waals surface area (Å²) in [6.07, 6.45) is 4.45. The number of benzene rings is 1. The van der Waals surface area contributed by atoms with Gasteiger partial charge in [-0.05, 0) is 56.7 Å². The Kier molecular flexibility index (Phi) is 5.81. The molecule has 0 aliphatic rings. The third kappa shape index (κ3) is 5.29. The highest BCUT2D eigenvalue weighted by Crippen LogP contribution is 2.27. The van der Waals surface area contributed by atoms with Gasteiger partial charge in [-0.25, -0.2) is 0 Å². The van der Waals surface area contributed by atoms with Gasteiger partial charge in [0, 0.05) is 6.92 Å². The Morgan fingerprint density at radius 3 is 2.58 bits per heavy atom. The van der Waals surface area contributed by atoms with Gasteiger partial charge < -0.3 is 4.74 Å². The number of esters is 1. The number of carbonyl (C=O) groups is 1. The van der Waals surface area contributed by atoms with Gasteiger partial charge >= 0.3 is 5.97 Å². The fraction of sp³-hybridized carbons (Fsp3) is 0.471. The number of rotatable bonds is 5. The van der Waals surface area contributed by atoms with E-state index in [1.165, 1.54) is 18.1 Å². The second kappa shape index (κ2) is 7.13. The van der Waals surface area contributed by atoms with Crippen LogP contribution < -0.4 is 4.74 Å². The van der Waals surface area contributed by atoms with Gasteiger partial charge in [0.15, 0.2) is 0 Å². The van der Waals surface area contributed by atoms with E-state index in [-0.39, 0.29) is 5.97 Å². The monoisotopic (exact) mass is 260 g/mol. The van der Waals surface area contributed by atoms with Gasteiger partial charge in [0.2, 0.25) is 0 Å². The summed E-state index contributed by atoms with van der Waals surface area (Å²) in [6.45, 7) is 9.84. The average molecular weight is 260 g/mol. The van der Waals surface area contributed by atoms with E-state index in [2.05, 4.69) is 32.9 Å². The van der Waals surface area contributed by atoms with Crippen LogP contribution in [-0.4, -0.2) is 5.97 Å². The van der Waals surface area contributed by atoms with Crippen LogP contribution in [0.1, 0.15) is 57.6 Å². The third-order valence-corrected chi connectivity index (χ3v) is 3.19. The van der Waals surface area contributed by atoms with Crippen LogP contribution in [0.2, 0.25) is 0 Å². The predicted octanol–water partition coefficient (Wildman–Crippen LogP) is 4.77. The number of allylic oxidation sites excluding steroid dienone is 2. The topological polar surface area (TPSA) is 26.3 Å². The molecular weight excluding hydrogens is 236 g/mol. The molecule has 0 N–H and O–H groups in total. The highest BCUT2D eigenvalue weighted by atomic mass is 16.5. The van der Waals surface area contributed by atoms with Crippen molar-refractivity contribution in [1.29, 1.82) is 0 Å². The SMILES string of the molecule is CC(=O)Oc1cc([C@H](C)CCC=C(C)C)ccc1C. The molecule has 0 saturated heterocycles. The van der Waals surface area contributed by atoms with Crippen molar-refractivity contribution in [1.82, 2.24) is 0 Å². The van der Waals surface area contributed by atoms with Crippen LogP contribution in [0, 0.1) is 6.92 Å². The minimum absolute atomic E-state index is 0.266. The van der Waals surface area contributed by atoms with Crippen molar-refractivity contribution in [2.24, 2.45) is 0 Å². The van der Waals surface area contributed by atoms with Crippen LogP contribution in [0.3, 0.4) is 0 Å². The van der Waals surface area contributed by atoms with E-state index in [4.69, 9.17) is 4.74 Å². The van der Waals surface area contributed by atoms with Gasteiger partial charge in [-0.3, -0.25) is 4.79 Å². The van der Waals surface area contributed by atoms with Gasteiger partial charge in [-0.2, -0.15) is 0 Å². The second-order valence-corrected chi connectivity index (χ2v) is 5.38. The molecule has 2 heteroatoms. The quantitative estimate of drug-likeness (QED) is 0.433. The molecule has 0 amide bonds. The van der Waals surface area contributed by atoms with Gasteiger partial charge in [0.1, 0.15) is 5.75 Å². The number of hydrogen-bond donors (Lipinski definition) is 0. The summed E-state index contributed by atoms with van der Waals surface area (Å²) in [5.74, 6) is 0.877. The highest BCUT2D eigenvalue weighted by molar-refractivity contribution is 5.69. The maximum Gasteiger partial charge on any atom is 0.308 e. The van der Waals surface area contributed by atoms with Crippen LogP contribution in [0.25, 0.3) is 0 Å². The Morgan fingerprint density at radius 2 is 2.00 bits per heavy atom. The number of carbonyl (C=O) groups excluding carboxylic acids is 1. The standard InChI is InChI=1S/C17H24O2/c1-12(2)7-6-8-13(3)16-10-9-14(4)17(11-16)19-15(5)18/h7,9-11,13H,6,8H2,1-5H3/t13-/m1/s1. The first-order valence-corrected chi connectivity index (χ1v) is 6.82. The second-order valence-electron chi connectivity index (χ2n) is 5.38. The Bertz CT molecular complexity index is 468. The summed E-state index contributed by atoms with van der Waals surface area (Å²) in [5, 5.41) is 0. The van der Waals surface area contributed by atoms with Gasteiger partial charge in [0.05, 0.1) is 0 Å². The molecule has 0 aliphatic heterocycles. The minimum atomic E-state index is -0.266. The molecule has 0 heterocycles. The Balaban J connectivity index is 2.77. The van der Waals surface area contributed by atoms with Crippen molar-refractivity contribution in [2.75, 3.05) is 0 Å². The molecular formula is C17H24O2. The third-order valence-electron chi connectivity index (χ3n) is 3.19. The van der Waals surface area contributed by atoms with E-state index in [1.54, 1.807) is 0 Å². The smallest absolute Gasteiger partial charge is 0.308 e. The minimum Gasteiger partial charge on any atom is -0.426 e. The van der Waals surface area contributed by atoms with E-state index in [1.807, 2.05) is 19.1 Å². The van der Waals surface area contributed by atoms with E-state index in [0.717, 1.165) is 18.4 Å². The number of ether oxygens (including phenoxy) is 1. The summed E-state index contributed by atoms with van der Waals surface area (Å²) < 4.78 is 5.23. The molecule has 0 radical (unpaired) electrons. The molecule has 0 spiro atoms. The molecule has 1 aromatic carbocycles. The summed E-state index contributed by atoms with van der Waals surface area (Å²) >= 11 is 0. The molecule has 0 aromatic heterocycles. The molecule has 1 rings (SSSR count). The van der Waals surface area contributed by atoms with Gasteiger partial charge in [-0.1, -0.05) is 30.7 Å². The van der Waals surface area contributed by atoms with Crippen molar-refractivity contribution in [3.63, 3.8) is 0 Å². The fourth-order valence-electron chi connectivity index (χ4n) is 1.98. The lowest BCUT2D eigenvalue weighted by Crippen LogP contribution is -2.04. The van der Waals surface area contributed by atoms with Crippen LogP contribution in [0.4, 0.5) is 0 Å². The molecule has 0 unspecified atom stereocenters. The van der Waals surface area contributed by atoms with Gasteiger partial charge in [-0.15, -0.1) is 0 Å². The first kappa shape index (κ1) is 15.5. The summed E-state index contributed by atoms with van der Waals surface area (Å²) in [5.41, 5.74) is 3.58. The molecule has 1 aromatic rings. The zero-order chi connectivity index (χ0) is 14.4. The van der Waals surface area contributed by atoms with Crippen LogP contribution >= 0.6 is 0 Å². The first-order valence-electron chi connectivity index (χ1n) is 6.82. The lowest BCUT2D eigenvalue weighted by Gasteiger charge is -2.13. The largest absolute Gasteiger partial charge is 0.426 e. The number of hydrogen-bond acceptors (Lipinski definition) is 2. The lowest BCUT2D eigenvalue weighted by atomic mass is 9.94. The predicted molar refractivity (Wildman–Crippen MR) is 79.6 cm³/mol. The van der Waals surface area contributed by atoms with E-state index in [0.29, 0.717) is 11.7 Å². The molecule has 0 aliphatic carbocycles. The van der Waals surface area contributed by atoms with Crippen molar-refractivity contribution in [2.45, 2.75) is 53.4 Å². The van der Waals surface area contributed by atoms with Crippen molar-refractivity contribution in [3.05, 3.63) is 41.0 Å². The van der Waals surface area contributed by atoms with Crippen LogP contribution in [0.5, 0.6) is 5.75 Å². The van der Waals surface area contributed by atoms with Crippen LogP contribution in [-0.2, 0) is 4.79 Å². The molecule has 0 saturated carbocycles. The van der Waals surface area contributed by atoms with Crippen molar-refractivity contribution < 1.29 is 9.53 Å². The Hall–Kier alpha value is -1.57. The van der Waals surface area contributed by atoms with E-state index >= 15 is 0 Å². The molecule has 1 atom stereocenters. The number of aryl methyl sites for hydroxylation is 1. The maximum absolute atomic E-state index is 11.1. The average Bonchev–Trinajstić information content (AvgIpc) is 2.30. The van der Waals surface area contributed by atoms with E-state index in [9.17, 15) is 4.79 Å². The van der Waals surface area contributed by atoms with Crippen molar-refractivity contribution in [3.8, 4) is 5.75 Å². The maximum atomic E-state index is 11.1. The normalized spacial score (nSPS) is 11.8. The zero-order valence-corrected chi connectivity index (χ0v) is 12.6. The lowest BCUT2D eigenvalue weighted by molar-refractivity contribution is -0.131.